The van der Waals surface area contributed by atoms with Gasteiger partial charge < -0.3 is 4.74 Å². The molecule has 0 aromatic heterocycles. The largest absolute Gasteiger partial charge is 0.426 e. The number of hydrogen-bond acceptors (Lipinski definition) is 2. The molecule has 0 bridgehead atoms. The zero-order valence-corrected chi connectivity index (χ0v) is 11.0. The van der Waals surface area contributed by atoms with Crippen LogP contribution in [0.1, 0.15) is 19.8 Å². The molecule has 0 spiro atoms. The summed E-state index contributed by atoms with van der Waals surface area (Å²) in [6, 6.07) is 9.13. The van der Waals surface area contributed by atoms with Gasteiger partial charge >= 0.3 is 5.97 Å². The first-order valence-corrected chi connectivity index (χ1v) is 6.41. The van der Waals surface area contributed by atoms with Crippen LogP contribution >= 0.6 is 11.6 Å². The van der Waals surface area contributed by atoms with E-state index in [1.807, 2.05) is 37.3 Å². The van der Waals surface area contributed by atoms with Gasteiger partial charge in [-0.2, -0.15) is 0 Å². The van der Waals surface area contributed by atoms with Crippen molar-refractivity contribution in [2.75, 3.05) is 0 Å². The normalized spacial score (nSPS) is 18.9. The number of para-hydroxylation sites is 1. The maximum absolute atomic E-state index is 12.1. The number of esters is 1. The lowest BCUT2D eigenvalue weighted by molar-refractivity contribution is -0.137. The van der Waals surface area contributed by atoms with Gasteiger partial charge in [0.15, 0.2) is 0 Å². The van der Waals surface area contributed by atoms with Crippen LogP contribution in [-0.2, 0) is 4.79 Å². The summed E-state index contributed by atoms with van der Waals surface area (Å²) < 4.78 is 5.37. The number of hydrogen-bond donors (Lipinski definition) is 0. The second kappa shape index (κ2) is 5.87. The molecular weight excluding hydrogens is 248 g/mol. The van der Waals surface area contributed by atoms with Gasteiger partial charge in [-0.25, -0.2) is 0 Å². The van der Waals surface area contributed by atoms with E-state index < -0.39 is 0 Å². The van der Waals surface area contributed by atoms with Crippen molar-refractivity contribution in [2.24, 2.45) is 5.92 Å². The summed E-state index contributed by atoms with van der Waals surface area (Å²) in [6.07, 6.45) is 5.14. The first kappa shape index (κ1) is 12.9. The van der Waals surface area contributed by atoms with E-state index in [9.17, 15) is 4.79 Å². The molecule has 1 atom stereocenters. The Morgan fingerprint density at radius 3 is 2.78 bits per heavy atom. The molecule has 2 rings (SSSR count). The third kappa shape index (κ3) is 3.02. The van der Waals surface area contributed by atoms with E-state index in [4.69, 9.17) is 16.3 Å². The Labute approximate surface area is 112 Å². The molecule has 0 amide bonds. The average Bonchev–Trinajstić information content (AvgIpc) is 2.39. The number of rotatable bonds is 3. The second-order valence-corrected chi connectivity index (χ2v) is 4.62. The Bertz CT molecular complexity index is 488. The van der Waals surface area contributed by atoms with Crippen LogP contribution in [0.15, 0.2) is 53.1 Å². The van der Waals surface area contributed by atoms with Crippen LogP contribution in [0, 0.1) is 5.92 Å². The quantitative estimate of drug-likeness (QED) is 0.606. The van der Waals surface area contributed by atoms with Crippen molar-refractivity contribution in [1.29, 1.82) is 0 Å². The van der Waals surface area contributed by atoms with Gasteiger partial charge in [0.1, 0.15) is 5.75 Å². The van der Waals surface area contributed by atoms with Crippen LogP contribution in [0.25, 0.3) is 0 Å². The van der Waals surface area contributed by atoms with Crippen LogP contribution < -0.4 is 4.74 Å². The van der Waals surface area contributed by atoms with E-state index >= 15 is 0 Å². The molecule has 3 heteroatoms. The third-order valence-corrected chi connectivity index (χ3v) is 3.24. The van der Waals surface area contributed by atoms with Crippen molar-refractivity contribution in [3.63, 3.8) is 0 Å². The zero-order valence-electron chi connectivity index (χ0n) is 10.2. The molecule has 18 heavy (non-hydrogen) atoms. The summed E-state index contributed by atoms with van der Waals surface area (Å²) in [5.74, 6) is 0.158. The molecule has 0 saturated heterocycles. The summed E-state index contributed by atoms with van der Waals surface area (Å²) >= 11 is 5.95. The summed E-state index contributed by atoms with van der Waals surface area (Å²) in [5.41, 5.74) is 1.03. The van der Waals surface area contributed by atoms with E-state index in [-0.39, 0.29) is 11.9 Å². The van der Waals surface area contributed by atoms with Gasteiger partial charge in [-0.05, 0) is 31.1 Å². The predicted octanol–water partition coefficient (Wildman–Crippen LogP) is 4.07. The van der Waals surface area contributed by atoms with Gasteiger partial charge in [0.2, 0.25) is 0 Å². The second-order valence-electron chi connectivity index (χ2n) is 4.18. The van der Waals surface area contributed by atoms with Crippen LogP contribution in [-0.4, -0.2) is 5.97 Å². The molecule has 94 valence electrons. The Balaban J connectivity index is 2.08. The van der Waals surface area contributed by atoms with Crippen LogP contribution in [0.3, 0.4) is 0 Å². The van der Waals surface area contributed by atoms with Crippen molar-refractivity contribution >= 4 is 17.6 Å². The molecule has 0 saturated carbocycles. The number of halogens is 1. The molecular formula is C15H15ClO2. The fourth-order valence-corrected chi connectivity index (χ4v) is 2.22. The summed E-state index contributed by atoms with van der Waals surface area (Å²) in [4.78, 5) is 12.1. The van der Waals surface area contributed by atoms with E-state index in [0.29, 0.717) is 17.2 Å². The van der Waals surface area contributed by atoms with E-state index in [2.05, 4.69) is 0 Å². The minimum Gasteiger partial charge on any atom is -0.426 e. The average molecular weight is 263 g/mol. The van der Waals surface area contributed by atoms with Gasteiger partial charge in [-0.3, -0.25) is 4.79 Å². The molecule has 0 aliphatic heterocycles. The van der Waals surface area contributed by atoms with Crippen LogP contribution in [0.5, 0.6) is 5.75 Å². The SMILES string of the molecule is CCC1=CC(Cl)=CCC1C(=O)Oc1ccccc1. The molecule has 0 N–H and O–H groups in total. The monoisotopic (exact) mass is 262 g/mol. The maximum Gasteiger partial charge on any atom is 0.318 e. The smallest absolute Gasteiger partial charge is 0.318 e. The molecule has 0 heterocycles. The third-order valence-electron chi connectivity index (χ3n) is 2.97. The molecule has 1 aliphatic carbocycles. The Hall–Kier alpha value is -1.54. The topological polar surface area (TPSA) is 26.3 Å². The van der Waals surface area contributed by atoms with Crippen molar-refractivity contribution < 1.29 is 9.53 Å². The lowest BCUT2D eigenvalue weighted by atomic mass is 9.90. The Kier molecular flexibility index (Phi) is 4.21. The fourth-order valence-electron chi connectivity index (χ4n) is 1.99. The zero-order chi connectivity index (χ0) is 13.0. The van der Waals surface area contributed by atoms with Crippen molar-refractivity contribution in [3.05, 3.63) is 53.1 Å². The highest BCUT2D eigenvalue weighted by Gasteiger charge is 2.25. The van der Waals surface area contributed by atoms with Crippen molar-refractivity contribution in [2.45, 2.75) is 19.8 Å². The van der Waals surface area contributed by atoms with Crippen LogP contribution in [0.2, 0.25) is 0 Å². The van der Waals surface area contributed by atoms with E-state index in [0.717, 1.165) is 12.0 Å². The van der Waals surface area contributed by atoms with Gasteiger partial charge in [-0.15, -0.1) is 0 Å². The fraction of sp³-hybridized carbons (Fsp3) is 0.267. The minimum absolute atomic E-state index is 0.210. The van der Waals surface area contributed by atoms with E-state index in [1.165, 1.54) is 0 Å². The van der Waals surface area contributed by atoms with Gasteiger partial charge in [-0.1, -0.05) is 48.4 Å². The van der Waals surface area contributed by atoms with Crippen molar-refractivity contribution in [1.82, 2.24) is 0 Å². The van der Waals surface area contributed by atoms with Gasteiger partial charge in [0.25, 0.3) is 0 Å². The number of benzene rings is 1. The number of carbonyl (C=O) groups excluding carboxylic acids is 1. The first-order valence-electron chi connectivity index (χ1n) is 6.03. The van der Waals surface area contributed by atoms with Crippen molar-refractivity contribution in [3.8, 4) is 5.75 Å². The summed E-state index contributed by atoms with van der Waals surface area (Å²) in [7, 11) is 0. The molecule has 1 aromatic rings. The minimum atomic E-state index is -0.213. The molecule has 2 nitrogen and oxygen atoms in total. The molecule has 1 unspecified atom stereocenters. The van der Waals surface area contributed by atoms with Crippen LogP contribution in [0.4, 0.5) is 0 Å². The van der Waals surface area contributed by atoms with Gasteiger partial charge in [0, 0.05) is 5.03 Å². The first-order chi connectivity index (χ1) is 8.70. The van der Waals surface area contributed by atoms with E-state index in [1.54, 1.807) is 12.1 Å². The molecule has 0 fully saturated rings. The standard InChI is InChI=1S/C15H15ClO2/c1-2-11-10-12(16)8-9-14(11)15(17)18-13-6-4-3-5-7-13/h3-8,10,14H,2,9H2,1H3. The molecule has 0 radical (unpaired) electrons. The summed E-state index contributed by atoms with van der Waals surface area (Å²) in [5, 5.41) is 0.704. The highest BCUT2D eigenvalue weighted by atomic mass is 35.5. The predicted molar refractivity (Wildman–Crippen MR) is 72.5 cm³/mol. The highest BCUT2D eigenvalue weighted by Crippen LogP contribution is 2.29. The number of allylic oxidation sites excluding steroid dienone is 3. The number of carbonyl (C=O) groups is 1. The molecule has 1 aliphatic rings. The number of ether oxygens (including phenoxy) is 1. The Morgan fingerprint density at radius 1 is 1.39 bits per heavy atom. The lowest BCUT2D eigenvalue weighted by Gasteiger charge is -2.20. The Morgan fingerprint density at radius 2 is 2.11 bits per heavy atom. The van der Waals surface area contributed by atoms with Gasteiger partial charge in [0.05, 0.1) is 5.92 Å². The highest BCUT2D eigenvalue weighted by molar-refractivity contribution is 6.31. The molecule has 1 aromatic carbocycles. The maximum atomic E-state index is 12.1. The lowest BCUT2D eigenvalue weighted by Crippen LogP contribution is -2.23. The summed E-state index contributed by atoms with van der Waals surface area (Å²) in [6.45, 7) is 2.02.